The van der Waals surface area contributed by atoms with Gasteiger partial charge in [-0.1, -0.05) is 32.1 Å². The fraction of sp³-hybridized carbons (Fsp3) is 0.658. The SMILES string of the molecule is C[C@@H]1CC/C=C\[C@@H]2C[C@@]2(C(=O)NS(=O)(=O)C2(CF)CC2)CC(=O)[C@@H]2C[C@@H](OC(=O)c3cccc(F)c3)CN2C(=O)[C@@H](CC(=O)OC(C)(C)C(F)(F)F)[C@H](C)C1. The highest BCUT2D eigenvalue weighted by Crippen LogP contribution is 2.58. The van der Waals surface area contributed by atoms with E-state index in [9.17, 15) is 54.3 Å². The first kappa shape index (κ1) is 42.3. The maximum atomic E-state index is 14.6. The number of hydrogen-bond donors (Lipinski definition) is 1. The summed E-state index contributed by atoms with van der Waals surface area (Å²) in [5, 5.41) is 0. The molecule has 0 aromatic heterocycles. The maximum Gasteiger partial charge on any atom is 0.427 e. The molecule has 3 fully saturated rings. The van der Waals surface area contributed by atoms with Gasteiger partial charge in [0.1, 0.15) is 23.3 Å². The highest BCUT2D eigenvalue weighted by atomic mass is 32.2. The number of sulfonamides is 1. The van der Waals surface area contributed by atoms with Gasteiger partial charge in [-0.25, -0.2) is 22.0 Å². The van der Waals surface area contributed by atoms with Crippen LogP contribution in [0.2, 0.25) is 0 Å². The summed E-state index contributed by atoms with van der Waals surface area (Å²) in [6.45, 7) is 3.35. The quantitative estimate of drug-likeness (QED) is 0.186. The van der Waals surface area contributed by atoms with E-state index < -0.39 is 117 Å². The summed E-state index contributed by atoms with van der Waals surface area (Å²) in [7, 11) is -4.45. The summed E-state index contributed by atoms with van der Waals surface area (Å²) in [5.74, 6) is -7.96. The lowest BCUT2D eigenvalue weighted by atomic mass is 9.82. The Labute approximate surface area is 316 Å². The number of Topliss-reactive ketones (excluding diaryl/α,β-unsaturated/α-hetero) is 1. The molecule has 2 heterocycles. The van der Waals surface area contributed by atoms with E-state index in [1.807, 2.05) is 17.7 Å². The van der Waals surface area contributed by atoms with Gasteiger partial charge in [0.05, 0.1) is 35.9 Å². The second kappa shape index (κ2) is 15.6. The fourth-order valence-corrected chi connectivity index (χ4v) is 9.08. The van der Waals surface area contributed by atoms with Gasteiger partial charge in [0.2, 0.25) is 27.4 Å². The normalized spacial score (nSPS) is 30.5. The van der Waals surface area contributed by atoms with Gasteiger partial charge in [-0.15, -0.1) is 0 Å². The number of ketones is 1. The van der Waals surface area contributed by atoms with E-state index in [2.05, 4.69) is 0 Å². The molecule has 4 aliphatic rings. The molecule has 11 nitrogen and oxygen atoms in total. The Hall–Kier alpha value is -3.89. The number of esters is 2. The van der Waals surface area contributed by atoms with E-state index in [1.165, 1.54) is 12.1 Å². The average Bonchev–Trinajstić information content (AvgIpc) is 3.99. The molecule has 0 radical (unpaired) electrons. The van der Waals surface area contributed by atoms with Crippen LogP contribution in [0, 0.1) is 34.9 Å². The first-order valence-corrected chi connectivity index (χ1v) is 19.9. The van der Waals surface area contributed by atoms with Gasteiger partial charge in [-0.3, -0.25) is 23.9 Å². The van der Waals surface area contributed by atoms with Crippen molar-refractivity contribution in [1.82, 2.24) is 9.62 Å². The predicted molar refractivity (Wildman–Crippen MR) is 187 cm³/mol. The predicted octanol–water partition coefficient (Wildman–Crippen LogP) is 5.77. The van der Waals surface area contributed by atoms with Gasteiger partial charge in [0, 0.05) is 12.8 Å². The number of carbonyl (C=O) groups excluding carboxylic acids is 5. The third-order valence-electron chi connectivity index (χ3n) is 11.6. The Balaban J connectivity index is 1.49. The molecule has 17 heteroatoms. The summed E-state index contributed by atoms with van der Waals surface area (Å²) in [6.07, 6.45) is -2.54. The van der Waals surface area contributed by atoms with E-state index in [4.69, 9.17) is 9.47 Å². The number of hydrogen-bond acceptors (Lipinski definition) is 9. The minimum atomic E-state index is -4.92. The molecular formula is C38H47F5N2O9S. The van der Waals surface area contributed by atoms with Crippen LogP contribution in [0.5, 0.6) is 0 Å². The second-order valence-electron chi connectivity index (χ2n) is 16.3. The third kappa shape index (κ3) is 9.07. The molecule has 55 heavy (non-hydrogen) atoms. The maximum absolute atomic E-state index is 14.6. The van der Waals surface area contributed by atoms with Crippen molar-refractivity contribution >= 4 is 39.6 Å². The number of halogens is 5. The van der Waals surface area contributed by atoms with Gasteiger partial charge in [-0.05, 0) is 88.3 Å². The smallest absolute Gasteiger partial charge is 0.427 e. The molecule has 1 saturated heterocycles. The van der Waals surface area contributed by atoms with E-state index in [0.717, 1.165) is 17.0 Å². The molecule has 5 rings (SSSR count). The molecular weight excluding hydrogens is 755 g/mol. The van der Waals surface area contributed by atoms with Crippen LogP contribution < -0.4 is 4.72 Å². The zero-order chi connectivity index (χ0) is 40.7. The van der Waals surface area contributed by atoms with Crippen LogP contribution in [-0.4, -0.2) is 84.7 Å². The largest absolute Gasteiger partial charge is 0.457 e. The van der Waals surface area contributed by atoms with Crippen molar-refractivity contribution in [3.63, 3.8) is 0 Å². The topological polar surface area (TPSA) is 153 Å². The molecule has 0 spiro atoms. The number of alkyl halides is 4. The summed E-state index contributed by atoms with van der Waals surface area (Å²) in [5.41, 5.74) is -4.59. The number of rotatable bonds is 9. The molecule has 0 unspecified atom stereocenters. The molecule has 1 aromatic carbocycles. The summed E-state index contributed by atoms with van der Waals surface area (Å²) < 4.78 is 106. The molecule has 2 aliphatic heterocycles. The van der Waals surface area contributed by atoms with E-state index in [-0.39, 0.29) is 43.7 Å². The minimum Gasteiger partial charge on any atom is -0.457 e. The van der Waals surface area contributed by atoms with Crippen molar-refractivity contribution in [2.45, 2.75) is 114 Å². The first-order chi connectivity index (χ1) is 25.5. The number of allylic oxidation sites excluding steroid dienone is 2. The molecule has 1 aromatic rings. The molecule has 0 bridgehead atoms. The number of carbonyl (C=O) groups is 5. The second-order valence-corrected chi connectivity index (χ2v) is 18.3. The van der Waals surface area contributed by atoms with Crippen molar-refractivity contribution in [3.8, 4) is 0 Å². The lowest BCUT2D eigenvalue weighted by Gasteiger charge is -2.33. The highest BCUT2D eigenvalue weighted by molar-refractivity contribution is 7.91. The van der Waals surface area contributed by atoms with Crippen molar-refractivity contribution in [3.05, 3.63) is 47.8 Å². The van der Waals surface area contributed by atoms with Crippen LogP contribution in [0.4, 0.5) is 22.0 Å². The van der Waals surface area contributed by atoms with E-state index in [1.54, 1.807) is 13.0 Å². The Bertz CT molecular complexity index is 1830. The lowest BCUT2D eigenvalue weighted by molar-refractivity contribution is -0.257. The molecule has 2 saturated carbocycles. The number of ether oxygens (including phenoxy) is 2. The van der Waals surface area contributed by atoms with Crippen LogP contribution in [0.15, 0.2) is 36.4 Å². The highest BCUT2D eigenvalue weighted by Gasteiger charge is 2.63. The van der Waals surface area contributed by atoms with Gasteiger partial charge >= 0.3 is 18.1 Å². The number of amides is 2. The van der Waals surface area contributed by atoms with Crippen LogP contribution in [0.3, 0.4) is 0 Å². The Kier molecular flexibility index (Phi) is 12.0. The van der Waals surface area contributed by atoms with Crippen LogP contribution >= 0.6 is 0 Å². The van der Waals surface area contributed by atoms with E-state index >= 15 is 0 Å². The van der Waals surface area contributed by atoms with Crippen LogP contribution in [-0.2, 0) is 38.7 Å². The standard InChI is InChI=1S/C38H47F5N2O9S/c1-22-8-5-6-10-25-18-37(25,34(50)44-55(51,52)36(21-39)12-13-36)19-30(46)29-16-27(53-33(49)24-9-7-11-26(40)15-24)20-45(29)32(48)28(23(2)14-22)17-31(47)54-35(3,4)38(41,42)43/h6-7,9-11,15,22-23,25,27-29H,5,8,12-14,16-21H2,1-4H3,(H,44,50)/b10-6-/t22-,23-,25-,27-,28+,29+,37-/m1/s1. The monoisotopic (exact) mass is 802 g/mol. The van der Waals surface area contributed by atoms with Crippen molar-refractivity contribution < 1.29 is 63.8 Å². The van der Waals surface area contributed by atoms with Crippen LogP contribution in [0.25, 0.3) is 0 Å². The molecule has 2 amide bonds. The van der Waals surface area contributed by atoms with Gasteiger partial charge in [0.15, 0.2) is 5.78 Å². The summed E-state index contributed by atoms with van der Waals surface area (Å²) in [6, 6.07) is 3.27. The van der Waals surface area contributed by atoms with E-state index in [0.29, 0.717) is 33.1 Å². The first-order valence-electron chi connectivity index (χ1n) is 18.4. The third-order valence-corrected chi connectivity index (χ3v) is 13.7. The summed E-state index contributed by atoms with van der Waals surface area (Å²) >= 11 is 0. The van der Waals surface area contributed by atoms with Crippen LogP contribution in [0.1, 0.15) is 95.8 Å². The van der Waals surface area contributed by atoms with Gasteiger partial charge in [-0.2, -0.15) is 13.2 Å². The fourth-order valence-electron chi connectivity index (χ4n) is 7.64. The lowest BCUT2D eigenvalue weighted by Crippen LogP contribution is -2.49. The summed E-state index contributed by atoms with van der Waals surface area (Å²) in [4.78, 5) is 70.0. The average molecular weight is 803 g/mol. The number of fused-ring (bicyclic) bond motifs is 2. The van der Waals surface area contributed by atoms with Crippen molar-refractivity contribution in [2.75, 3.05) is 13.2 Å². The van der Waals surface area contributed by atoms with Gasteiger partial charge in [0.25, 0.3) is 0 Å². The number of nitrogens with zero attached hydrogens (tertiary/aromatic N) is 1. The molecule has 304 valence electrons. The number of nitrogens with one attached hydrogen (secondary N) is 1. The Morgan fingerprint density at radius 1 is 1.07 bits per heavy atom. The Morgan fingerprint density at radius 3 is 2.38 bits per heavy atom. The zero-order valence-electron chi connectivity index (χ0n) is 31.1. The Morgan fingerprint density at radius 2 is 1.76 bits per heavy atom. The molecule has 2 aliphatic carbocycles. The van der Waals surface area contributed by atoms with Crippen molar-refractivity contribution in [2.24, 2.45) is 29.1 Å². The minimum absolute atomic E-state index is 0.0231. The number of benzene rings is 1. The van der Waals surface area contributed by atoms with Gasteiger partial charge < -0.3 is 14.4 Å². The zero-order valence-corrected chi connectivity index (χ0v) is 31.9. The molecule has 7 atom stereocenters. The van der Waals surface area contributed by atoms with Crippen molar-refractivity contribution in [1.29, 1.82) is 0 Å². The molecule has 1 N–H and O–H groups in total.